The lowest BCUT2D eigenvalue weighted by molar-refractivity contribution is 1.13. The second kappa shape index (κ2) is 8.98. The number of hydrogen-bond acceptors (Lipinski definition) is 7. The van der Waals surface area contributed by atoms with E-state index in [1.165, 1.54) is 0 Å². The van der Waals surface area contributed by atoms with Crippen molar-refractivity contribution in [2.24, 2.45) is 10.2 Å². The van der Waals surface area contributed by atoms with E-state index in [-0.39, 0.29) is 5.95 Å². The smallest absolute Gasteiger partial charge is 0.224 e. The number of hydrazone groups is 2. The lowest BCUT2D eigenvalue weighted by Gasteiger charge is -2.04. The van der Waals surface area contributed by atoms with Crippen LogP contribution in [0.15, 0.2) is 64.8 Å². The summed E-state index contributed by atoms with van der Waals surface area (Å²) in [5.41, 5.74) is 13.1. The van der Waals surface area contributed by atoms with Gasteiger partial charge in [0, 0.05) is 16.1 Å². The Morgan fingerprint density at radius 2 is 1.15 bits per heavy atom. The minimum absolute atomic E-state index is 0.0888. The molecule has 2 aromatic carbocycles. The molecule has 0 fully saturated rings. The molecule has 0 amide bonds. The minimum Gasteiger partial charge on any atom is -0.368 e. The van der Waals surface area contributed by atoms with Crippen molar-refractivity contribution in [2.45, 2.75) is 0 Å². The van der Waals surface area contributed by atoms with Crippen molar-refractivity contribution >= 4 is 53.2 Å². The van der Waals surface area contributed by atoms with Crippen molar-refractivity contribution in [3.8, 4) is 0 Å². The third-order valence-electron chi connectivity index (χ3n) is 3.27. The summed E-state index contributed by atoms with van der Waals surface area (Å²) in [5.74, 6) is 0.944. The first kappa shape index (κ1) is 18.6. The van der Waals surface area contributed by atoms with Crippen molar-refractivity contribution in [3.63, 3.8) is 0 Å². The maximum absolute atomic E-state index is 5.85. The highest BCUT2D eigenvalue weighted by Crippen LogP contribution is 2.13. The van der Waals surface area contributed by atoms with Gasteiger partial charge in [-0.15, -0.1) is 0 Å². The highest BCUT2D eigenvalue weighted by atomic mass is 35.5. The summed E-state index contributed by atoms with van der Waals surface area (Å²) >= 11 is 11.7. The topological polar surface area (TPSA) is 101 Å². The predicted molar refractivity (Wildman–Crippen MR) is 112 cm³/mol. The average molecular weight is 400 g/mol. The van der Waals surface area contributed by atoms with Gasteiger partial charge in [-0.05, 0) is 35.4 Å². The van der Waals surface area contributed by atoms with E-state index in [4.69, 9.17) is 28.9 Å². The normalized spacial score (nSPS) is 11.2. The summed E-state index contributed by atoms with van der Waals surface area (Å²) in [6, 6.07) is 16.2. The molecule has 0 saturated carbocycles. The standard InChI is InChI=1S/C18H15Cl2N7/c19-14-5-1-12(2-6-14)10-22-26-16-9-17(25-18(21)24-16)27-23-11-13-3-7-15(20)8-4-13/h1-11H,(H4,21,24,25,26,27). The van der Waals surface area contributed by atoms with Crippen molar-refractivity contribution in [1.29, 1.82) is 0 Å². The van der Waals surface area contributed by atoms with E-state index in [0.29, 0.717) is 21.7 Å². The zero-order valence-electron chi connectivity index (χ0n) is 14.0. The number of nitrogens with two attached hydrogens (primary N) is 1. The number of anilines is 3. The highest BCUT2D eigenvalue weighted by molar-refractivity contribution is 6.30. The first-order chi connectivity index (χ1) is 13.1. The lowest BCUT2D eigenvalue weighted by Crippen LogP contribution is -2.03. The zero-order valence-corrected chi connectivity index (χ0v) is 15.5. The summed E-state index contributed by atoms with van der Waals surface area (Å²) in [5, 5.41) is 9.57. The molecule has 0 bridgehead atoms. The Balaban J connectivity index is 1.63. The van der Waals surface area contributed by atoms with E-state index in [9.17, 15) is 0 Å². The molecule has 1 heterocycles. The van der Waals surface area contributed by atoms with Crippen molar-refractivity contribution in [1.82, 2.24) is 9.97 Å². The van der Waals surface area contributed by atoms with Gasteiger partial charge in [0.15, 0.2) is 11.6 Å². The van der Waals surface area contributed by atoms with E-state index in [0.717, 1.165) is 11.1 Å². The molecule has 9 heteroatoms. The van der Waals surface area contributed by atoms with Gasteiger partial charge in [-0.1, -0.05) is 47.5 Å². The third kappa shape index (κ3) is 5.95. The Kier molecular flexibility index (Phi) is 6.19. The molecule has 4 N–H and O–H groups in total. The summed E-state index contributed by atoms with van der Waals surface area (Å²) in [7, 11) is 0. The van der Waals surface area contributed by atoms with Gasteiger partial charge in [-0.25, -0.2) is 0 Å². The molecular formula is C18H15Cl2N7. The van der Waals surface area contributed by atoms with Crippen LogP contribution in [-0.2, 0) is 0 Å². The molecule has 1 aromatic heterocycles. The highest BCUT2D eigenvalue weighted by Gasteiger charge is 2.01. The average Bonchev–Trinajstić information content (AvgIpc) is 2.65. The Morgan fingerprint density at radius 1 is 0.741 bits per heavy atom. The third-order valence-corrected chi connectivity index (χ3v) is 3.77. The number of nitrogens with one attached hydrogen (secondary N) is 2. The lowest BCUT2D eigenvalue weighted by atomic mass is 10.2. The molecule has 0 aliphatic carbocycles. The SMILES string of the molecule is Nc1nc(NN=Cc2ccc(Cl)cc2)cc(NN=Cc2ccc(Cl)cc2)n1. The molecule has 3 rings (SSSR count). The van der Waals surface area contributed by atoms with Crippen LogP contribution >= 0.6 is 23.2 Å². The van der Waals surface area contributed by atoms with Crippen LogP contribution in [0.2, 0.25) is 10.0 Å². The maximum atomic E-state index is 5.85. The Morgan fingerprint density at radius 3 is 1.56 bits per heavy atom. The molecule has 3 aromatic rings. The summed E-state index contributed by atoms with van der Waals surface area (Å²) in [4.78, 5) is 8.14. The minimum atomic E-state index is 0.0888. The van der Waals surface area contributed by atoms with E-state index < -0.39 is 0 Å². The number of halogens is 2. The number of nitrogen functional groups attached to an aromatic ring is 1. The van der Waals surface area contributed by atoms with Gasteiger partial charge in [0.1, 0.15) is 0 Å². The van der Waals surface area contributed by atoms with Crippen molar-refractivity contribution in [3.05, 3.63) is 75.8 Å². The van der Waals surface area contributed by atoms with E-state index >= 15 is 0 Å². The summed E-state index contributed by atoms with van der Waals surface area (Å²) < 4.78 is 0. The largest absolute Gasteiger partial charge is 0.368 e. The number of nitrogens with zero attached hydrogens (tertiary/aromatic N) is 4. The van der Waals surface area contributed by atoms with E-state index in [1.54, 1.807) is 42.8 Å². The number of benzene rings is 2. The first-order valence-electron chi connectivity index (χ1n) is 7.82. The van der Waals surface area contributed by atoms with E-state index in [1.807, 2.05) is 24.3 Å². The zero-order chi connectivity index (χ0) is 19.1. The number of rotatable bonds is 6. The number of aromatic nitrogens is 2. The molecular weight excluding hydrogens is 385 g/mol. The van der Waals surface area contributed by atoms with Crippen LogP contribution in [0.5, 0.6) is 0 Å². The molecule has 0 aliphatic rings. The fourth-order valence-electron chi connectivity index (χ4n) is 2.02. The molecule has 0 atom stereocenters. The van der Waals surface area contributed by atoms with Crippen molar-refractivity contribution in [2.75, 3.05) is 16.6 Å². The molecule has 0 spiro atoms. The van der Waals surface area contributed by atoms with Crippen LogP contribution in [0.3, 0.4) is 0 Å². The van der Waals surface area contributed by atoms with Crippen LogP contribution in [-0.4, -0.2) is 22.4 Å². The fraction of sp³-hybridized carbons (Fsp3) is 0. The molecule has 0 saturated heterocycles. The fourth-order valence-corrected chi connectivity index (χ4v) is 2.28. The summed E-state index contributed by atoms with van der Waals surface area (Å²) in [6.45, 7) is 0. The first-order valence-corrected chi connectivity index (χ1v) is 8.58. The second-order valence-corrected chi connectivity index (χ2v) is 6.21. The van der Waals surface area contributed by atoms with E-state index in [2.05, 4.69) is 31.0 Å². The van der Waals surface area contributed by atoms with Gasteiger partial charge in [0.05, 0.1) is 12.4 Å². The van der Waals surface area contributed by atoms with Gasteiger partial charge < -0.3 is 5.73 Å². The molecule has 27 heavy (non-hydrogen) atoms. The quantitative estimate of drug-likeness (QED) is 0.424. The van der Waals surface area contributed by atoms with Crippen LogP contribution in [0.1, 0.15) is 11.1 Å². The molecule has 0 radical (unpaired) electrons. The van der Waals surface area contributed by atoms with Gasteiger partial charge in [-0.3, -0.25) is 10.9 Å². The van der Waals surface area contributed by atoms with Gasteiger partial charge in [0.2, 0.25) is 5.95 Å². The monoisotopic (exact) mass is 399 g/mol. The summed E-state index contributed by atoms with van der Waals surface area (Å²) in [6.07, 6.45) is 3.28. The second-order valence-electron chi connectivity index (χ2n) is 5.34. The Bertz CT molecular complexity index is 879. The van der Waals surface area contributed by atoms with Gasteiger partial charge >= 0.3 is 0 Å². The van der Waals surface area contributed by atoms with Crippen LogP contribution in [0, 0.1) is 0 Å². The van der Waals surface area contributed by atoms with Gasteiger partial charge in [-0.2, -0.15) is 20.2 Å². The van der Waals surface area contributed by atoms with Crippen LogP contribution in [0.4, 0.5) is 17.6 Å². The van der Waals surface area contributed by atoms with Crippen LogP contribution in [0.25, 0.3) is 0 Å². The number of hydrogen-bond donors (Lipinski definition) is 3. The molecule has 0 unspecified atom stereocenters. The van der Waals surface area contributed by atoms with Gasteiger partial charge in [0.25, 0.3) is 0 Å². The van der Waals surface area contributed by atoms with Crippen LogP contribution < -0.4 is 16.6 Å². The van der Waals surface area contributed by atoms with Crippen molar-refractivity contribution < 1.29 is 0 Å². The Hall–Kier alpha value is -3.16. The molecule has 0 aliphatic heterocycles. The maximum Gasteiger partial charge on any atom is 0.224 e. The predicted octanol–water partition coefficient (Wildman–Crippen LogP) is 4.26. The Labute approximate surface area is 165 Å². The molecule has 7 nitrogen and oxygen atoms in total. The molecule has 136 valence electrons.